The molecular formula is C37H46N2O8. The first-order valence-electron chi connectivity index (χ1n) is 16.2. The Balaban J connectivity index is 1.21. The Bertz CT molecular complexity index is 1570. The third-order valence-electron chi connectivity index (χ3n) is 7.97. The van der Waals surface area contributed by atoms with Crippen molar-refractivity contribution < 1.29 is 38.8 Å². The molecule has 10 nitrogen and oxygen atoms in total. The molecule has 0 radical (unpaired) electrons. The van der Waals surface area contributed by atoms with E-state index >= 15 is 0 Å². The summed E-state index contributed by atoms with van der Waals surface area (Å²) < 4.78 is 16.7. The Labute approximate surface area is 276 Å². The molecule has 0 spiro atoms. The number of carbonyl (C=O) groups is 3. The molecule has 1 amide bonds. The molecule has 4 N–H and O–H groups in total. The number of aliphatic carboxylic acids is 2. The molecular weight excluding hydrogens is 600 g/mol. The number of allylic oxidation sites excluding steroid dienone is 1. The molecule has 1 heterocycles. The number of carboxylic acid groups (broad SMARTS) is 2. The summed E-state index contributed by atoms with van der Waals surface area (Å²) in [7, 11) is 0. The van der Waals surface area contributed by atoms with Crippen LogP contribution in [0.25, 0.3) is 16.3 Å². The van der Waals surface area contributed by atoms with Crippen molar-refractivity contribution in [2.45, 2.75) is 77.0 Å². The summed E-state index contributed by atoms with van der Waals surface area (Å²) >= 11 is 0. The number of amides is 1. The maximum Gasteiger partial charge on any atom is 0.336 e. The number of nitrogens with one attached hydrogen (secondary N) is 2. The van der Waals surface area contributed by atoms with Gasteiger partial charge in [-0.3, -0.25) is 4.79 Å². The van der Waals surface area contributed by atoms with E-state index in [-0.39, 0.29) is 12.1 Å². The van der Waals surface area contributed by atoms with Gasteiger partial charge in [-0.05, 0) is 93.0 Å². The first kappa shape index (κ1) is 35.4. The summed E-state index contributed by atoms with van der Waals surface area (Å²) in [6, 6.07) is 20.6. The predicted molar refractivity (Wildman–Crippen MR) is 182 cm³/mol. The van der Waals surface area contributed by atoms with E-state index in [1.165, 1.54) is 21.9 Å². The smallest absolute Gasteiger partial charge is 0.336 e. The third-order valence-corrected chi connectivity index (χ3v) is 7.97. The van der Waals surface area contributed by atoms with Crippen LogP contribution in [0.4, 0.5) is 5.69 Å². The highest BCUT2D eigenvalue weighted by atomic mass is 16.6. The normalized spacial score (nSPS) is 14.7. The first-order chi connectivity index (χ1) is 22.5. The largest absolute Gasteiger partial charge is 0.494 e. The highest BCUT2D eigenvalue weighted by molar-refractivity contribution is 5.88. The molecule has 3 aromatic carbocycles. The number of carbonyl (C=O) groups excluding carboxylic acids is 1. The lowest BCUT2D eigenvalue weighted by atomic mass is 9.91. The van der Waals surface area contributed by atoms with Gasteiger partial charge in [0.25, 0.3) is 5.91 Å². The quantitative estimate of drug-likeness (QED) is 0.114. The zero-order valence-electron chi connectivity index (χ0n) is 27.4. The molecule has 0 saturated carbocycles. The number of fused-ring (bicyclic) bond motifs is 2. The molecule has 252 valence electrons. The molecule has 47 heavy (non-hydrogen) atoms. The van der Waals surface area contributed by atoms with E-state index in [0.717, 1.165) is 36.3 Å². The van der Waals surface area contributed by atoms with Gasteiger partial charge >= 0.3 is 11.9 Å². The van der Waals surface area contributed by atoms with Gasteiger partial charge in [0, 0.05) is 24.4 Å². The van der Waals surface area contributed by atoms with E-state index < -0.39 is 36.7 Å². The second kappa shape index (κ2) is 16.9. The highest BCUT2D eigenvalue weighted by Gasteiger charge is 2.36. The van der Waals surface area contributed by atoms with Gasteiger partial charge in [0.05, 0.1) is 12.1 Å². The molecule has 0 aliphatic carbocycles. The number of ether oxygens (including phenoxy) is 3. The molecule has 4 rings (SSSR count). The Morgan fingerprint density at radius 1 is 0.851 bits per heavy atom. The summed E-state index contributed by atoms with van der Waals surface area (Å²) in [5.41, 5.74) is 4.45. The van der Waals surface area contributed by atoms with E-state index in [9.17, 15) is 19.5 Å². The number of aryl methyl sites for hydroxylation is 1. The van der Waals surface area contributed by atoms with Crippen molar-refractivity contribution in [3.63, 3.8) is 0 Å². The van der Waals surface area contributed by atoms with E-state index in [2.05, 4.69) is 67.8 Å². The summed E-state index contributed by atoms with van der Waals surface area (Å²) in [4.78, 5) is 36.0. The van der Waals surface area contributed by atoms with Gasteiger partial charge in [-0.2, -0.15) is 0 Å². The maximum atomic E-state index is 13.0. The summed E-state index contributed by atoms with van der Waals surface area (Å²) in [5, 5.41) is 27.4. The standard InChI is InChI=1S/C37H46N2O8/c1-25-23-37(2,3)39-31-17-16-29(22-30(25)31)45-19-9-10-20-46-33(34(36(43)44)47-24-32(40)41)35(42)38-18-8-4-5-11-26-14-15-27-12-6-7-13-28(27)21-26/h6-7,12-17,21-23,33-34,39H,4-5,8-11,18-20,24H2,1-3H3,(H,38,42)(H,40,41)(H,43,44). The number of hydrogen-bond acceptors (Lipinski definition) is 7. The molecule has 2 unspecified atom stereocenters. The minimum absolute atomic E-state index is 0.0679. The topological polar surface area (TPSA) is 143 Å². The Morgan fingerprint density at radius 2 is 1.62 bits per heavy atom. The zero-order chi connectivity index (χ0) is 33.8. The molecule has 0 aromatic heterocycles. The minimum atomic E-state index is -1.76. The summed E-state index contributed by atoms with van der Waals surface area (Å²) in [6.45, 7) is 6.25. The van der Waals surface area contributed by atoms with Crippen LogP contribution in [0, 0.1) is 0 Å². The average molecular weight is 647 g/mol. The van der Waals surface area contributed by atoms with Crippen molar-refractivity contribution in [1.29, 1.82) is 0 Å². The van der Waals surface area contributed by atoms with Gasteiger partial charge in [-0.25, -0.2) is 9.59 Å². The molecule has 0 fully saturated rings. The molecule has 3 aromatic rings. The number of rotatable bonds is 19. The van der Waals surface area contributed by atoms with Crippen molar-refractivity contribution in [2.75, 3.05) is 31.7 Å². The lowest BCUT2D eigenvalue weighted by Gasteiger charge is -2.31. The molecule has 10 heteroatoms. The lowest BCUT2D eigenvalue weighted by Crippen LogP contribution is -2.49. The van der Waals surface area contributed by atoms with Gasteiger partial charge in [0.15, 0.2) is 12.2 Å². The van der Waals surface area contributed by atoms with Crippen LogP contribution in [0.3, 0.4) is 0 Å². The molecule has 0 saturated heterocycles. The highest BCUT2D eigenvalue weighted by Crippen LogP contribution is 2.35. The van der Waals surface area contributed by atoms with Gasteiger partial charge in [0.1, 0.15) is 12.4 Å². The van der Waals surface area contributed by atoms with E-state index in [0.29, 0.717) is 32.4 Å². The van der Waals surface area contributed by atoms with Crippen molar-refractivity contribution in [3.8, 4) is 5.75 Å². The Morgan fingerprint density at radius 3 is 2.38 bits per heavy atom. The van der Waals surface area contributed by atoms with E-state index in [4.69, 9.17) is 19.3 Å². The van der Waals surface area contributed by atoms with Crippen LogP contribution in [-0.2, 0) is 30.3 Å². The van der Waals surface area contributed by atoms with Gasteiger partial charge in [-0.1, -0.05) is 55.0 Å². The molecule has 0 bridgehead atoms. The van der Waals surface area contributed by atoms with E-state index in [1.807, 2.05) is 30.3 Å². The number of hydrogen-bond donors (Lipinski definition) is 4. The van der Waals surface area contributed by atoms with Crippen molar-refractivity contribution in [2.24, 2.45) is 0 Å². The van der Waals surface area contributed by atoms with Crippen molar-refractivity contribution in [3.05, 3.63) is 77.9 Å². The monoisotopic (exact) mass is 646 g/mol. The van der Waals surface area contributed by atoms with Gasteiger partial charge in [0.2, 0.25) is 0 Å². The zero-order valence-corrected chi connectivity index (χ0v) is 27.4. The van der Waals surface area contributed by atoms with Crippen LogP contribution in [0.2, 0.25) is 0 Å². The molecule has 1 aliphatic heterocycles. The van der Waals surface area contributed by atoms with Crippen molar-refractivity contribution in [1.82, 2.24) is 5.32 Å². The second-order valence-corrected chi connectivity index (χ2v) is 12.5. The fourth-order valence-electron chi connectivity index (χ4n) is 5.74. The average Bonchev–Trinajstić information content (AvgIpc) is 3.02. The van der Waals surface area contributed by atoms with Crippen molar-refractivity contribution >= 4 is 39.9 Å². The van der Waals surface area contributed by atoms with E-state index in [1.54, 1.807) is 0 Å². The number of carboxylic acids is 2. The van der Waals surface area contributed by atoms with Crippen LogP contribution < -0.4 is 15.4 Å². The SMILES string of the molecule is CC1=CC(C)(C)Nc2ccc(OCCCCOC(C(=O)NCCCCCc3ccc4ccccc4c3)C(OCC(=O)O)C(=O)O)cc21. The minimum Gasteiger partial charge on any atom is -0.494 e. The van der Waals surface area contributed by atoms with Crippen LogP contribution in [0.15, 0.2) is 66.7 Å². The summed E-state index contributed by atoms with van der Waals surface area (Å²) in [6.07, 6.45) is 3.41. The molecule has 1 aliphatic rings. The van der Waals surface area contributed by atoms with Crippen LogP contribution in [0.5, 0.6) is 5.75 Å². The van der Waals surface area contributed by atoms with Crippen LogP contribution in [0.1, 0.15) is 64.0 Å². The second-order valence-electron chi connectivity index (χ2n) is 12.5. The maximum absolute atomic E-state index is 13.0. The fourth-order valence-corrected chi connectivity index (χ4v) is 5.74. The van der Waals surface area contributed by atoms with Crippen LogP contribution >= 0.6 is 0 Å². The predicted octanol–water partition coefficient (Wildman–Crippen LogP) is 6.08. The third kappa shape index (κ3) is 10.8. The Kier molecular flexibility index (Phi) is 12.8. The summed E-state index contributed by atoms with van der Waals surface area (Å²) in [5.74, 6) is -2.73. The van der Waals surface area contributed by atoms with Gasteiger partial charge < -0.3 is 35.1 Å². The number of benzene rings is 3. The van der Waals surface area contributed by atoms with Crippen LogP contribution in [-0.4, -0.2) is 72.2 Å². The number of anilines is 1. The Hall–Kier alpha value is -4.41. The first-order valence-corrected chi connectivity index (χ1v) is 16.2. The fraction of sp³-hybridized carbons (Fsp3) is 0.432. The lowest BCUT2D eigenvalue weighted by molar-refractivity contribution is -0.172. The number of unbranched alkanes of at least 4 members (excludes halogenated alkanes) is 3. The molecule has 2 atom stereocenters. The van der Waals surface area contributed by atoms with Gasteiger partial charge in [-0.15, -0.1) is 0 Å².